The van der Waals surface area contributed by atoms with E-state index in [9.17, 15) is 0 Å². The summed E-state index contributed by atoms with van der Waals surface area (Å²) in [5, 5.41) is 2.63. The van der Waals surface area contributed by atoms with Crippen LogP contribution in [0.1, 0.15) is 134 Å². The minimum atomic E-state index is -0.0110. The maximum atomic E-state index is 2.73. The first-order valence-electron chi connectivity index (χ1n) is 27.2. The number of fused-ring (bicyclic) bond motifs is 9. The fourth-order valence-corrected chi connectivity index (χ4v) is 15.5. The van der Waals surface area contributed by atoms with E-state index in [0.29, 0.717) is 0 Å². The first-order chi connectivity index (χ1) is 35.1. The molecule has 5 heteroatoms. The molecule has 13 rings (SSSR count). The van der Waals surface area contributed by atoms with Gasteiger partial charge in [0.15, 0.2) is 0 Å². The second-order valence-corrected chi connectivity index (χ2v) is 27.2. The third-order valence-corrected chi connectivity index (χ3v) is 19.2. The van der Waals surface area contributed by atoms with Crippen molar-refractivity contribution in [2.45, 2.75) is 136 Å². The number of hydrogen-bond acceptors (Lipinski definition) is 4. The Morgan fingerprint density at radius 2 is 1.04 bits per heavy atom. The molecule has 0 fully saturated rings. The van der Waals surface area contributed by atoms with Crippen LogP contribution in [0.2, 0.25) is 0 Å². The lowest BCUT2D eigenvalue weighted by Gasteiger charge is -2.46. The van der Waals surface area contributed by atoms with Gasteiger partial charge in [0.25, 0.3) is 6.71 Å². The summed E-state index contributed by atoms with van der Waals surface area (Å²) in [7, 11) is 0. The van der Waals surface area contributed by atoms with Crippen LogP contribution < -0.4 is 31.1 Å². The van der Waals surface area contributed by atoms with E-state index in [1.54, 1.807) is 0 Å². The highest BCUT2D eigenvalue weighted by Crippen LogP contribution is 2.56. The van der Waals surface area contributed by atoms with Crippen molar-refractivity contribution < 1.29 is 0 Å². The molecule has 0 saturated heterocycles. The van der Waals surface area contributed by atoms with E-state index in [4.69, 9.17) is 0 Å². The van der Waals surface area contributed by atoms with E-state index in [2.05, 4.69) is 256 Å². The quantitative estimate of drug-likeness (QED) is 0.159. The number of anilines is 9. The Morgan fingerprint density at radius 1 is 0.473 bits per heavy atom. The molecule has 9 aromatic rings. The van der Waals surface area contributed by atoms with E-state index >= 15 is 0 Å². The lowest BCUT2D eigenvalue weighted by atomic mass is 9.33. The Morgan fingerprint density at radius 3 is 1.68 bits per heavy atom. The molecule has 74 heavy (non-hydrogen) atoms. The van der Waals surface area contributed by atoms with Crippen molar-refractivity contribution in [3.8, 4) is 0 Å². The van der Waals surface area contributed by atoms with E-state index < -0.39 is 0 Å². The molecule has 0 amide bonds. The summed E-state index contributed by atoms with van der Waals surface area (Å²) in [4.78, 5) is 7.83. The molecule has 0 saturated carbocycles. The van der Waals surface area contributed by atoms with Gasteiger partial charge in [-0.3, -0.25) is 0 Å². The average Bonchev–Trinajstić information content (AvgIpc) is 3.85. The van der Waals surface area contributed by atoms with Gasteiger partial charge in [0, 0.05) is 61.0 Å². The minimum absolute atomic E-state index is 0.0110. The molecule has 3 heterocycles. The van der Waals surface area contributed by atoms with E-state index in [-0.39, 0.29) is 33.8 Å². The zero-order valence-corrected chi connectivity index (χ0v) is 46.7. The van der Waals surface area contributed by atoms with Gasteiger partial charge in [-0.1, -0.05) is 155 Å². The summed E-state index contributed by atoms with van der Waals surface area (Å²) in [6, 6.07) is 59.0. The maximum absolute atomic E-state index is 2.73. The van der Waals surface area contributed by atoms with Crippen LogP contribution in [-0.4, -0.2) is 6.71 Å². The number of benzene rings is 8. The van der Waals surface area contributed by atoms with E-state index in [1.165, 1.54) is 122 Å². The number of hydrogen-bond donors (Lipinski definition) is 0. The fraction of sp³-hybridized carbons (Fsp3) is 0.304. The van der Waals surface area contributed by atoms with Crippen LogP contribution in [0.5, 0.6) is 0 Å². The van der Waals surface area contributed by atoms with Crippen LogP contribution in [0.4, 0.5) is 51.2 Å². The van der Waals surface area contributed by atoms with Crippen molar-refractivity contribution in [3.05, 3.63) is 191 Å². The molecule has 0 unspecified atom stereocenters. The highest BCUT2D eigenvalue weighted by atomic mass is 32.1. The van der Waals surface area contributed by atoms with Crippen LogP contribution in [0.3, 0.4) is 0 Å². The van der Waals surface area contributed by atoms with Gasteiger partial charge >= 0.3 is 0 Å². The van der Waals surface area contributed by atoms with Crippen molar-refractivity contribution in [2.24, 2.45) is 0 Å². The summed E-state index contributed by atoms with van der Waals surface area (Å²) < 4.78 is 2.65. The molecular formula is C69H70BN3S. The Bertz CT molecular complexity index is 3750. The molecular weight excluding hydrogens is 914 g/mol. The average molecular weight is 984 g/mol. The number of nitrogens with zero attached hydrogens (tertiary/aromatic N) is 3. The molecule has 0 spiro atoms. The van der Waals surface area contributed by atoms with Crippen LogP contribution >= 0.6 is 11.3 Å². The molecule has 1 aromatic heterocycles. The molecule has 0 N–H and O–H groups in total. The topological polar surface area (TPSA) is 9.72 Å². The molecule has 2 aliphatic heterocycles. The standard InChI is InChI=1S/C69H70BN3S/c1-42-33-60-63-61(34-42)73(57-39-52-50(35-43(57)2)66(6,7)31-32-67(52,8)9)59-40-53-51(68(10,11)41-69(53,12)13)38-55(59)70(63)54-30-28-47(71(45-21-16-14-17-22-45)46-23-18-15-19-24-46)37-58(54)72(60)56-26-20-25-49-48-29-27-44(65(3,4)5)36-62(48)74-64(49)56/h14-30,33-40H,31-32,41H2,1-13H3. The van der Waals surface area contributed by atoms with Crippen LogP contribution in [-0.2, 0) is 27.1 Å². The molecule has 370 valence electrons. The Labute approximate surface area is 445 Å². The van der Waals surface area contributed by atoms with Crippen LogP contribution in [0, 0.1) is 13.8 Å². The van der Waals surface area contributed by atoms with Crippen molar-refractivity contribution in [1.82, 2.24) is 0 Å². The van der Waals surface area contributed by atoms with Gasteiger partial charge < -0.3 is 14.7 Å². The summed E-state index contributed by atoms with van der Waals surface area (Å²) in [5.41, 5.74) is 25.3. The molecule has 2 aliphatic carbocycles. The molecule has 0 atom stereocenters. The number of aryl methyl sites for hydroxylation is 2. The van der Waals surface area contributed by atoms with Gasteiger partial charge in [-0.25, -0.2) is 0 Å². The van der Waals surface area contributed by atoms with Crippen LogP contribution in [0.25, 0.3) is 20.2 Å². The fourth-order valence-electron chi connectivity index (χ4n) is 14.2. The number of para-hydroxylation sites is 2. The first-order valence-corrected chi connectivity index (χ1v) is 28.0. The molecule has 8 aromatic carbocycles. The van der Waals surface area contributed by atoms with E-state index in [1.807, 2.05) is 11.3 Å². The summed E-state index contributed by atoms with van der Waals surface area (Å²) in [6.45, 7) is 31.5. The second kappa shape index (κ2) is 16.0. The normalized spacial score (nSPS) is 17.4. The predicted octanol–water partition coefficient (Wildman–Crippen LogP) is 17.8. The lowest BCUT2D eigenvalue weighted by Crippen LogP contribution is -2.61. The van der Waals surface area contributed by atoms with E-state index in [0.717, 1.165) is 23.5 Å². The third kappa shape index (κ3) is 7.04. The first kappa shape index (κ1) is 47.2. The lowest BCUT2D eigenvalue weighted by molar-refractivity contribution is 0.332. The van der Waals surface area contributed by atoms with Crippen LogP contribution in [0.15, 0.2) is 152 Å². The highest BCUT2D eigenvalue weighted by Gasteiger charge is 2.49. The summed E-state index contributed by atoms with van der Waals surface area (Å²) in [6.07, 6.45) is 3.48. The van der Waals surface area contributed by atoms with Gasteiger partial charge in [0.05, 0.1) is 10.4 Å². The Kier molecular flexibility index (Phi) is 10.2. The van der Waals surface area contributed by atoms with Crippen molar-refractivity contribution in [1.29, 1.82) is 0 Å². The summed E-state index contributed by atoms with van der Waals surface area (Å²) in [5.74, 6) is 0. The second-order valence-electron chi connectivity index (χ2n) is 26.1. The number of thiophene rings is 1. The Balaban J connectivity index is 1.14. The largest absolute Gasteiger partial charge is 0.311 e. The SMILES string of the molecule is Cc1cc2c3c(c1)N(c1cccc4c1sc1cc(C(C)(C)C)ccc14)c1cc(N(c4ccccc4)c4ccccc4)ccc1B3c1cc3c(cc1N2c1cc2c(cc1C)C(C)(C)CCC2(C)C)C(C)(C)CC3(C)C. The highest BCUT2D eigenvalue weighted by molar-refractivity contribution is 7.26. The van der Waals surface area contributed by atoms with Gasteiger partial charge in [-0.05, 0) is 188 Å². The van der Waals surface area contributed by atoms with Gasteiger partial charge in [-0.2, -0.15) is 0 Å². The van der Waals surface area contributed by atoms with Crippen molar-refractivity contribution in [3.63, 3.8) is 0 Å². The Hall–Kier alpha value is -6.56. The number of rotatable bonds is 5. The molecule has 0 radical (unpaired) electrons. The van der Waals surface area contributed by atoms with Gasteiger partial charge in [0.1, 0.15) is 0 Å². The minimum Gasteiger partial charge on any atom is -0.311 e. The predicted molar refractivity (Wildman–Crippen MR) is 322 cm³/mol. The van der Waals surface area contributed by atoms with Crippen molar-refractivity contribution in [2.75, 3.05) is 14.7 Å². The zero-order valence-electron chi connectivity index (χ0n) is 45.9. The summed E-state index contributed by atoms with van der Waals surface area (Å²) >= 11 is 1.95. The molecule has 3 nitrogen and oxygen atoms in total. The molecule has 4 aliphatic rings. The maximum Gasteiger partial charge on any atom is 0.252 e. The van der Waals surface area contributed by atoms with Crippen molar-refractivity contribution >= 4 is 106 Å². The van der Waals surface area contributed by atoms with Gasteiger partial charge in [-0.15, -0.1) is 11.3 Å². The zero-order chi connectivity index (χ0) is 51.6. The smallest absolute Gasteiger partial charge is 0.252 e. The molecule has 0 bridgehead atoms. The third-order valence-electron chi connectivity index (χ3n) is 18.0. The monoisotopic (exact) mass is 984 g/mol. The van der Waals surface area contributed by atoms with Gasteiger partial charge in [0.2, 0.25) is 0 Å².